The summed E-state index contributed by atoms with van der Waals surface area (Å²) in [6.07, 6.45) is 3.14. The Hall–Kier alpha value is -1.31. The fourth-order valence-corrected chi connectivity index (χ4v) is 1.82. The molecular weight excluding hydrogens is 198 g/mol. The number of hydrogen-bond donors (Lipinski definition) is 1. The number of amides is 1. The molecule has 0 aliphatic carbocycles. The normalized spacial score (nSPS) is 12.2. The zero-order valence-corrected chi connectivity index (χ0v) is 10.4. The predicted octanol–water partition coefficient (Wildman–Crippen LogP) is 3.30. The molecule has 0 bridgehead atoms. The first-order valence-corrected chi connectivity index (χ1v) is 6.05. The molecule has 0 saturated heterocycles. The van der Waals surface area contributed by atoms with Gasteiger partial charge < -0.3 is 5.32 Å². The summed E-state index contributed by atoms with van der Waals surface area (Å²) in [5, 5.41) is 3.09. The lowest BCUT2D eigenvalue weighted by atomic mass is 10.1. The number of aryl methyl sites for hydroxylation is 1. The SMILES string of the molecule is CCCC(CC)NC(=O)c1ccccc1C. The predicted molar refractivity (Wildman–Crippen MR) is 67.6 cm³/mol. The van der Waals surface area contributed by atoms with Crippen LogP contribution in [0.5, 0.6) is 0 Å². The van der Waals surface area contributed by atoms with E-state index in [4.69, 9.17) is 0 Å². The third kappa shape index (κ3) is 3.37. The van der Waals surface area contributed by atoms with Crippen molar-refractivity contribution in [3.8, 4) is 0 Å². The minimum Gasteiger partial charge on any atom is -0.349 e. The largest absolute Gasteiger partial charge is 0.349 e. The van der Waals surface area contributed by atoms with Crippen molar-refractivity contribution < 1.29 is 4.79 Å². The lowest BCUT2D eigenvalue weighted by Gasteiger charge is -2.16. The monoisotopic (exact) mass is 219 g/mol. The Labute approximate surface area is 98.1 Å². The average Bonchev–Trinajstić information content (AvgIpc) is 2.28. The van der Waals surface area contributed by atoms with E-state index < -0.39 is 0 Å². The van der Waals surface area contributed by atoms with Crippen molar-refractivity contribution in [2.45, 2.75) is 46.1 Å². The van der Waals surface area contributed by atoms with Gasteiger partial charge in [0.25, 0.3) is 5.91 Å². The Balaban J connectivity index is 2.68. The van der Waals surface area contributed by atoms with Gasteiger partial charge in [0.05, 0.1) is 0 Å². The van der Waals surface area contributed by atoms with Crippen LogP contribution in [0.3, 0.4) is 0 Å². The van der Waals surface area contributed by atoms with Gasteiger partial charge in [0, 0.05) is 11.6 Å². The molecule has 1 aromatic carbocycles. The molecule has 1 aromatic rings. The Kier molecular flexibility index (Phi) is 5.03. The van der Waals surface area contributed by atoms with Gasteiger partial charge in [0.15, 0.2) is 0 Å². The number of rotatable bonds is 5. The highest BCUT2D eigenvalue weighted by Crippen LogP contribution is 2.08. The molecule has 0 spiro atoms. The van der Waals surface area contributed by atoms with Crippen LogP contribution in [0, 0.1) is 6.92 Å². The van der Waals surface area contributed by atoms with E-state index in [0.29, 0.717) is 6.04 Å². The number of hydrogen-bond acceptors (Lipinski definition) is 1. The second kappa shape index (κ2) is 6.31. The lowest BCUT2D eigenvalue weighted by Crippen LogP contribution is -2.34. The molecule has 16 heavy (non-hydrogen) atoms. The van der Waals surface area contributed by atoms with Crippen LogP contribution in [-0.4, -0.2) is 11.9 Å². The Morgan fingerprint density at radius 2 is 2.00 bits per heavy atom. The van der Waals surface area contributed by atoms with Crippen LogP contribution in [0.25, 0.3) is 0 Å². The fourth-order valence-electron chi connectivity index (χ4n) is 1.82. The molecule has 0 aliphatic heterocycles. The van der Waals surface area contributed by atoms with E-state index in [0.717, 1.165) is 30.4 Å². The summed E-state index contributed by atoms with van der Waals surface area (Å²) in [5.74, 6) is 0.0541. The number of benzene rings is 1. The van der Waals surface area contributed by atoms with Gasteiger partial charge >= 0.3 is 0 Å². The van der Waals surface area contributed by atoms with Gasteiger partial charge in [0.1, 0.15) is 0 Å². The topological polar surface area (TPSA) is 29.1 Å². The second-order valence-electron chi connectivity index (χ2n) is 4.18. The molecule has 1 rings (SSSR count). The summed E-state index contributed by atoms with van der Waals surface area (Å²) in [6, 6.07) is 8.01. The molecule has 2 heteroatoms. The van der Waals surface area contributed by atoms with Gasteiger partial charge in [0.2, 0.25) is 0 Å². The van der Waals surface area contributed by atoms with Gasteiger partial charge in [-0.25, -0.2) is 0 Å². The van der Waals surface area contributed by atoms with Gasteiger partial charge in [-0.2, -0.15) is 0 Å². The molecule has 1 N–H and O–H groups in total. The van der Waals surface area contributed by atoms with Crippen molar-refractivity contribution in [2.75, 3.05) is 0 Å². The van der Waals surface area contributed by atoms with E-state index in [-0.39, 0.29) is 5.91 Å². The molecular formula is C14H21NO. The molecule has 1 amide bonds. The third-order valence-electron chi connectivity index (χ3n) is 2.85. The minimum atomic E-state index is 0.0541. The van der Waals surface area contributed by atoms with E-state index >= 15 is 0 Å². The van der Waals surface area contributed by atoms with Gasteiger partial charge in [-0.15, -0.1) is 0 Å². The molecule has 0 aromatic heterocycles. The first kappa shape index (κ1) is 12.8. The van der Waals surface area contributed by atoms with Crippen molar-refractivity contribution in [3.05, 3.63) is 35.4 Å². The number of carbonyl (C=O) groups excluding carboxylic acids is 1. The molecule has 0 radical (unpaired) electrons. The highest BCUT2D eigenvalue weighted by molar-refractivity contribution is 5.95. The fraction of sp³-hybridized carbons (Fsp3) is 0.500. The van der Waals surface area contributed by atoms with Crippen LogP contribution in [-0.2, 0) is 0 Å². The van der Waals surface area contributed by atoms with Crippen LogP contribution in [0.1, 0.15) is 49.0 Å². The van der Waals surface area contributed by atoms with Crippen LogP contribution in [0.4, 0.5) is 0 Å². The summed E-state index contributed by atoms with van der Waals surface area (Å²) < 4.78 is 0. The maximum atomic E-state index is 12.0. The number of carbonyl (C=O) groups is 1. The van der Waals surface area contributed by atoms with Crippen LogP contribution >= 0.6 is 0 Å². The van der Waals surface area contributed by atoms with Crippen LogP contribution in [0.2, 0.25) is 0 Å². The molecule has 0 fully saturated rings. The summed E-state index contributed by atoms with van der Waals surface area (Å²) in [4.78, 5) is 12.0. The van der Waals surface area contributed by atoms with E-state index in [2.05, 4.69) is 19.2 Å². The highest BCUT2D eigenvalue weighted by atomic mass is 16.1. The van der Waals surface area contributed by atoms with Crippen molar-refractivity contribution in [1.82, 2.24) is 5.32 Å². The maximum absolute atomic E-state index is 12.0. The van der Waals surface area contributed by atoms with Crippen molar-refractivity contribution in [3.63, 3.8) is 0 Å². The molecule has 1 atom stereocenters. The molecule has 0 aliphatic rings. The van der Waals surface area contributed by atoms with Gasteiger partial charge in [-0.05, 0) is 31.4 Å². The van der Waals surface area contributed by atoms with E-state index in [1.54, 1.807) is 0 Å². The molecule has 2 nitrogen and oxygen atoms in total. The van der Waals surface area contributed by atoms with E-state index in [9.17, 15) is 4.79 Å². The standard InChI is InChI=1S/C14H21NO/c1-4-8-12(5-2)15-14(16)13-10-7-6-9-11(13)3/h6-7,9-10,12H,4-5,8H2,1-3H3,(H,15,16). The maximum Gasteiger partial charge on any atom is 0.251 e. The third-order valence-corrected chi connectivity index (χ3v) is 2.85. The van der Waals surface area contributed by atoms with Crippen molar-refractivity contribution in [2.24, 2.45) is 0 Å². The lowest BCUT2D eigenvalue weighted by molar-refractivity contribution is 0.0933. The Morgan fingerprint density at radius 3 is 2.56 bits per heavy atom. The van der Waals surface area contributed by atoms with E-state index in [1.165, 1.54) is 0 Å². The molecule has 88 valence electrons. The zero-order chi connectivity index (χ0) is 12.0. The first-order chi connectivity index (χ1) is 7.69. The summed E-state index contributed by atoms with van der Waals surface area (Å²) in [7, 11) is 0. The quantitative estimate of drug-likeness (QED) is 0.808. The smallest absolute Gasteiger partial charge is 0.251 e. The molecule has 0 saturated carbocycles. The van der Waals surface area contributed by atoms with E-state index in [1.807, 2.05) is 31.2 Å². The summed E-state index contributed by atoms with van der Waals surface area (Å²) >= 11 is 0. The summed E-state index contributed by atoms with van der Waals surface area (Å²) in [6.45, 7) is 6.22. The minimum absolute atomic E-state index is 0.0541. The first-order valence-electron chi connectivity index (χ1n) is 6.05. The zero-order valence-electron chi connectivity index (χ0n) is 10.4. The van der Waals surface area contributed by atoms with Gasteiger partial charge in [-0.3, -0.25) is 4.79 Å². The highest BCUT2D eigenvalue weighted by Gasteiger charge is 2.12. The van der Waals surface area contributed by atoms with Crippen molar-refractivity contribution >= 4 is 5.91 Å². The Bertz CT molecular complexity index is 346. The average molecular weight is 219 g/mol. The van der Waals surface area contributed by atoms with Crippen LogP contribution < -0.4 is 5.32 Å². The molecule has 1 unspecified atom stereocenters. The second-order valence-corrected chi connectivity index (χ2v) is 4.18. The van der Waals surface area contributed by atoms with Crippen LogP contribution in [0.15, 0.2) is 24.3 Å². The van der Waals surface area contributed by atoms with Gasteiger partial charge in [-0.1, -0.05) is 38.5 Å². The Morgan fingerprint density at radius 1 is 1.31 bits per heavy atom. The number of nitrogens with one attached hydrogen (secondary N) is 1. The van der Waals surface area contributed by atoms with Crippen molar-refractivity contribution in [1.29, 1.82) is 0 Å². The molecule has 0 heterocycles. The summed E-state index contributed by atoms with van der Waals surface area (Å²) in [5.41, 5.74) is 1.82.